The van der Waals surface area contributed by atoms with Crippen molar-refractivity contribution in [3.63, 3.8) is 0 Å². The van der Waals surface area contributed by atoms with Gasteiger partial charge in [0.2, 0.25) is 0 Å². The third-order valence-electron chi connectivity index (χ3n) is 2.65. The van der Waals surface area contributed by atoms with Crippen LogP contribution in [0.2, 0.25) is 0 Å². The Morgan fingerprint density at radius 3 is 2.25 bits per heavy atom. The topological polar surface area (TPSA) is 96.3 Å². The lowest BCUT2D eigenvalue weighted by atomic mass is 10.2. The smallest absolute Gasteiger partial charge is 0.323 e. The van der Waals surface area contributed by atoms with Crippen LogP contribution in [0.3, 0.4) is 0 Å². The van der Waals surface area contributed by atoms with Crippen LogP contribution in [-0.4, -0.2) is 49.5 Å². The van der Waals surface area contributed by atoms with Gasteiger partial charge in [-0.2, -0.15) is 0 Å². The molecule has 0 radical (unpaired) electrons. The fourth-order valence-corrected chi connectivity index (χ4v) is 1.71. The molecule has 0 aromatic heterocycles. The predicted octanol–water partition coefficient (Wildman–Crippen LogP) is 1.07. The summed E-state index contributed by atoms with van der Waals surface area (Å²) in [6.07, 6.45) is -0.151. The molecule has 7 heteroatoms. The summed E-state index contributed by atoms with van der Waals surface area (Å²) in [4.78, 5) is 22.9. The Morgan fingerprint density at radius 1 is 1.10 bits per heavy atom. The maximum atomic E-state index is 10.9. The van der Waals surface area contributed by atoms with Crippen LogP contribution in [0.1, 0.15) is 6.42 Å². The average molecular weight is 283 g/mol. The number of methoxy groups -OCH3 is 2. The van der Waals surface area contributed by atoms with E-state index in [0.29, 0.717) is 17.2 Å². The minimum Gasteiger partial charge on any atom is -0.493 e. The highest BCUT2D eigenvalue weighted by Crippen LogP contribution is 2.31. The maximum Gasteiger partial charge on any atom is 0.323 e. The Morgan fingerprint density at radius 2 is 1.75 bits per heavy atom. The molecule has 1 aromatic rings. The van der Waals surface area contributed by atoms with Crippen LogP contribution in [0.25, 0.3) is 0 Å². The lowest BCUT2D eigenvalue weighted by Gasteiger charge is -2.23. The summed E-state index contributed by atoms with van der Waals surface area (Å²) >= 11 is 0. The fourth-order valence-electron chi connectivity index (χ4n) is 1.71. The van der Waals surface area contributed by atoms with Crippen molar-refractivity contribution in [3.8, 4) is 11.5 Å². The largest absolute Gasteiger partial charge is 0.493 e. The first-order valence-corrected chi connectivity index (χ1v) is 5.88. The fraction of sp³-hybridized carbons (Fsp3) is 0.385. The molecule has 0 heterocycles. The molecular weight excluding hydrogens is 266 g/mol. The molecule has 0 aliphatic rings. The van der Waals surface area contributed by atoms with Crippen LogP contribution in [0, 0.1) is 0 Å². The monoisotopic (exact) mass is 283 g/mol. The molecule has 0 saturated heterocycles. The van der Waals surface area contributed by atoms with Gasteiger partial charge in [0.05, 0.1) is 20.6 Å². The highest BCUT2D eigenvalue weighted by molar-refractivity contribution is 5.75. The second-order valence-corrected chi connectivity index (χ2v) is 4.00. The predicted molar refractivity (Wildman–Crippen MR) is 71.6 cm³/mol. The van der Waals surface area contributed by atoms with Gasteiger partial charge in [-0.1, -0.05) is 0 Å². The molecule has 0 amide bonds. The Bertz CT molecular complexity index is 488. The standard InChI is InChI=1S/C13H17NO6/c1-19-10-4-3-9(7-11(10)20-2)14(8-13(17)18)6-5-12(15)16/h3-4,7H,5-6,8H2,1-2H3,(H,15,16)(H,17,18). The van der Waals surface area contributed by atoms with Crippen molar-refractivity contribution in [3.05, 3.63) is 18.2 Å². The van der Waals surface area contributed by atoms with Gasteiger partial charge < -0.3 is 24.6 Å². The zero-order chi connectivity index (χ0) is 15.1. The summed E-state index contributed by atoms with van der Waals surface area (Å²) in [6.45, 7) is -0.195. The summed E-state index contributed by atoms with van der Waals surface area (Å²) in [6, 6.07) is 4.92. The molecule has 0 fully saturated rings. The van der Waals surface area contributed by atoms with Crippen molar-refractivity contribution in [2.75, 3.05) is 32.2 Å². The molecule has 20 heavy (non-hydrogen) atoms. The number of hydrogen-bond acceptors (Lipinski definition) is 5. The first-order chi connectivity index (χ1) is 9.47. The normalized spacial score (nSPS) is 9.90. The van der Waals surface area contributed by atoms with Gasteiger partial charge in [0.1, 0.15) is 6.54 Å². The third-order valence-corrected chi connectivity index (χ3v) is 2.65. The van der Waals surface area contributed by atoms with Gasteiger partial charge in [-0.05, 0) is 12.1 Å². The van der Waals surface area contributed by atoms with Gasteiger partial charge in [-0.15, -0.1) is 0 Å². The highest BCUT2D eigenvalue weighted by atomic mass is 16.5. The zero-order valence-corrected chi connectivity index (χ0v) is 11.3. The van der Waals surface area contributed by atoms with Crippen LogP contribution < -0.4 is 14.4 Å². The molecule has 0 bridgehead atoms. The third kappa shape index (κ3) is 4.34. The summed E-state index contributed by atoms with van der Waals surface area (Å²) < 4.78 is 10.2. The van der Waals surface area contributed by atoms with Crippen molar-refractivity contribution in [1.29, 1.82) is 0 Å². The van der Waals surface area contributed by atoms with E-state index in [2.05, 4.69) is 0 Å². The first kappa shape index (κ1) is 15.6. The Balaban J connectivity index is 2.99. The molecule has 0 saturated carbocycles. The van der Waals surface area contributed by atoms with Crippen molar-refractivity contribution < 1.29 is 29.3 Å². The van der Waals surface area contributed by atoms with E-state index in [0.717, 1.165) is 0 Å². The number of carbonyl (C=O) groups is 2. The number of ether oxygens (including phenoxy) is 2. The van der Waals surface area contributed by atoms with E-state index >= 15 is 0 Å². The van der Waals surface area contributed by atoms with Gasteiger partial charge in [-0.25, -0.2) is 0 Å². The second kappa shape index (κ2) is 7.22. The highest BCUT2D eigenvalue weighted by Gasteiger charge is 2.14. The number of benzene rings is 1. The van der Waals surface area contributed by atoms with Crippen LogP contribution in [-0.2, 0) is 9.59 Å². The van der Waals surface area contributed by atoms with Gasteiger partial charge >= 0.3 is 11.9 Å². The van der Waals surface area contributed by atoms with Crippen LogP contribution in [0.4, 0.5) is 5.69 Å². The van der Waals surface area contributed by atoms with Crippen LogP contribution >= 0.6 is 0 Å². The number of carboxylic acid groups (broad SMARTS) is 2. The van der Waals surface area contributed by atoms with Gasteiger partial charge in [0, 0.05) is 18.3 Å². The number of hydrogen-bond donors (Lipinski definition) is 2. The Kier molecular flexibility index (Phi) is 5.64. The van der Waals surface area contributed by atoms with E-state index in [1.54, 1.807) is 18.2 Å². The molecule has 1 aromatic carbocycles. The molecule has 1 rings (SSSR count). The summed E-state index contributed by atoms with van der Waals surface area (Å²) in [5.74, 6) is -1.05. The summed E-state index contributed by atoms with van der Waals surface area (Å²) in [7, 11) is 2.97. The average Bonchev–Trinajstić information content (AvgIpc) is 2.42. The number of anilines is 1. The van der Waals surface area contributed by atoms with Crippen molar-refractivity contribution in [2.24, 2.45) is 0 Å². The molecule has 0 aliphatic carbocycles. The number of aliphatic carboxylic acids is 2. The number of rotatable bonds is 8. The number of carboxylic acids is 2. The van der Waals surface area contributed by atoms with Crippen LogP contribution in [0.5, 0.6) is 11.5 Å². The van der Waals surface area contributed by atoms with Gasteiger partial charge in [0.15, 0.2) is 11.5 Å². The summed E-state index contributed by atoms with van der Waals surface area (Å²) in [5, 5.41) is 17.6. The second-order valence-electron chi connectivity index (χ2n) is 4.00. The molecule has 0 unspecified atom stereocenters. The number of nitrogens with zero attached hydrogens (tertiary/aromatic N) is 1. The maximum absolute atomic E-state index is 10.9. The minimum absolute atomic E-state index is 0.0944. The van der Waals surface area contributed by atoms with Gasteiger partial charge in [-0.3, -0.25) is 9.59 Å². The van der Waals surface area contributed by atoms with Crippen molar-refractivity contribution >= 4 is 17.6 Å². The lowest BCUT2D eigenvalue weighted by Crippen LogP contribution is -2.31. The van der Waals surface area contributed by atoms with Gasteiger partial charge in [0.25, 0.3) is 0 Å². The van der Waals surface area contributed by atoms with E-state index in [4.69, 9.17) is 19.7 Å². The van der Waals surface area contributed by atoms with E-state index in [-0.39, 0.29) is 19.5 Å². The molecule has 110 valence electrons. The quantitative estimate of drug-likeness (QED) is 0.736. The van der Waals surface area contributed by atoms with Crippen molar-refractivity contribution in [2.45, 2.75) is 6.42 Å². The van der Waals surface area contributed by atoms with E-state index in [1.165, 1.54) is 19.1 Å². The molecule has 0 spiro atoms. The SMILES string of the molecule is COc1ccc(N(CCC(=O)O)CC(=O)O)cc1OC. The Labute approximate surface area is 116 Å². The lowest BCUT2D eigenvalue weighted by molar-refractivity contribution is -0.138. The minimum atomic E-state index is -1.04. The first-order valence-electron chi connectivity index (χ1n) is 5.88. The molecule has 0 atom stereocenters. The molecule has 0 aliphatic heterocycles. The van der Waals surface area contributed by atoms with E-state index in [1.807, 2.05) is 0 Å². The molecular formula is C13H17NO6. The zero-order valence-electron chi connectivity index (χ0n) is 11.3. The van der Waals surface area contributed by atoms with Crippen molar-refractivity contribution in [1.82, 2.24) is 0 Å². The van der Waals surface area contributed by atoms with Crippen LogP contribution in [0.15, 0.2) is 18.2 Å². The van der Waals surface area contributed by atoms with E-state index in [9.17, 15) is 9.59 Å². The summed E-state index contributed by atoms with van der Waals surface area (Å²) in [5.41, 5.74) is 0.561. The Hall–Kier alpha value is -2.44. The molecule has 7 nitrogen and oxygen atoms in total. The molecule has 2 N–H and O–H groups in total. The van der Waals surface area contributed by atoms with E-state index < -0.39 is 11.9 Å².